The van der Waals surface area contributed by atoms with Crippen LogP contribution in [-0.4, -0.2) is 40.3 Å². The van der Waals surface area contributed by atoms with Crippen LogP contribution in [-0.2, 0) is 0 Å². The number of aromatic nitrogens is 2. The number of hydrazone groups is 1. The quantitative estimate of drug-likeness (QED) is 0.535. The molecule has 1 heterocycles. The zero-order valence-corrected chi connectivity index (χ0v) is 18.9. The maximum Gasteiger partial charge on any atom is 0.138 e. The second-order valence-electron chi connectivity index (χ2n) is 6.18. The molecule has 1 aromatic heterocycles. The maximum absolute atomic E-state index is 6.01. The van der Waals surface area contributed by atoms with Crippen LogP contribution in [0.1, 0.15) is 59.6 Å². The van der Waals surface area contributed by atoms with E-state index in [1.165, 1.54) is 6.33 Å². The Hall–Kier alpha value is -2.14. The first-order valence-electron chi connectivity index (χ1n) is 9.39. The Labute approximate surface area is 169 Å². The van der Waals surface area contributed by atoms with E-state index >= 15 is 0 Å². The smallest absolute Gasteiger partial charge is 0.138 e. The second-order valence-corrected chi connectivity index (χ2v) is 6.62. The molecule has 0 fully saturated rings. The van der Waals surface area contributed by atoms with Crippen molar-refractivity contribution in [1.29, 1.82) is 0 Å². The van der Waals surface area contributed by atoms with Gasteiger partial charge in [-0.2, -0.15) is 5.10 Å². The van der Waals surface area contributed by atoms with Gasteiger partial charge in [-0.25, -0.2) is 9.97 Å². The fourth-order valence-electron chi connectivity index (χ4n) is 1.88. The van der Waals surface area contributed by atoms with Crippen LogP contribution in [0, 0.1) is 0 Å². The normalized spacial score (nSPS) is 10.8. The molecule has 150 valence electrons. The third-order valence-corrected chi connectivity index (χ3v) is 3.79. The molecule has 1 aromatic carbocycles. The first-order chi connectivity index (χ1) is 12.8. The molecular formula is C21H34ClN5. The van der Waals surface area contributed by atoms with E-state index in [9.17, 15) is 0 Å². The number of anilines is 1. The molecule has 0 amide bonds. The van der Waals surface area contributed by atoms with Crippen molar-refractivity contribution < 1.29 is 0 Å². The number of nitrogens with zero attached hydrogens (tertiary/aromatic N) is 4. The number of nitrogens with one attached hydrogen (secondary N) is 1. The summed E-state index contributed by atoms with van der Waals surface area (Å²) >= 11 is 6.01. The van der Waals surface area contributed by atoms with Gasteiger partial charge in [0.2, 0.25) is 0 Å². The highest BCUT2D eigenvalue weighted by Crippen LogP contribution is 2.21. The van der Waals surface area contributed by atoms with Gasteiger partial charge in [0.05, 0.1) is 5.56 Å². The molecule has 27 heavy (non-hydrogen) atoms. The van der Waals surface area contributed by atoms with E-state index in [2.05, 4.69) is 36.1 Å². The molecule has 0 unspecified atom stereocenters. The van der Waals surface area contributed by atoms with Crippen LogP contribution in [0.4, 0.5) is 5.82 Å². The van der Waals surface area contributed by atoms with E-state index in [4.69, 9.17) is 16.7 Å². The van der Waals surface area contributed by atoms with Crippen LogP contribution < -0.4 is 5.32 Å². The molecule has 6 heteroatoms. The summed E-state index contributed by atoms with van der Waals surface area (Å²) in [7, 11) is 3.79. The fraction of sp³-hybridized carbons (Fsp3) is 0.476. The first-order valence-corrected chi connectivity index (χ1v) is 9.77. The molecule has 0 aliphatic heterocycles. The summed E-state index contributed by atoms with van der Waals surface area (Å²) in [5, 5.41) is 10.5. The standard InChI is InChI=1S/C17H22ClN5.2C2H6/c1-17(2,3)23(5)22-15(12-6-8-13(18)9-7-12)14-10-20-11-21-16(14)19-4;2*1-2/h6-11H,1-5H3,(H,19,20,21);2*1-2H3/b22-15-;;. The zero-order valence-electron chi connectivity index (χ0n) is 18.1. The molecule has 0 radical (unpaired) electrons. The lowest BCUT2D eigenvalue weighted by Gasteiger charge is -2.30. The van der Waals surface area contributed by atoms with Crippen LogP contribution in [0.5, 0.6) is 0 Å². The molecule has 0 spiro atoms. The van der Waals surface area contributed by atoms with Crippen molar-refractivity contribution in [3.8, 4) is 0 Å². The van der Waals surface area contributed by atoms with Crippen molar-refractivity contribution in [2.45, 2.75) is 54.0 Å². The highest BCUT2D eigenvalue weighted by Gasteiger charge is 2.19. The molecule has 0 bridgehead atoms. The molecule has 0 saturated heterocycles. The van der Waals surface area contributed by atoms with Gasteiger partial charge in [0.25, 0.3) is 0 Å². The van der Waals surface area contributed by atoms with Crippen molar-refractivity contribution >= 4 is 23.1 Å². The van der Waals surface area contributed by atoms with Gasteiger partial charge in [0.1, 0.15) is 17.9 Å². The fourth-order valence-corrected chi connectivity index (χ4v) is 2.00. The summed E-state index contributed by atoms with van der Waals surface area (Å²) < 4.78 is 0. The predicted molar refractivity (Wildman–Crippen MR) is 119 cm³/mol. The Morgan fingerprint density at radius 1 is 1.07 bits per heavy atom. The Kier molecular flexibility index (Phi) is 11.3. The third-order valence-electron chi connectivity index (χ3n) is 3.54. The molecule has 1 N–H and O–H groups in total. The van der Waals surface area contributed by atoms with Crippen molar-refractivity contribution in [2.24, 2.45) is 5.10 Å². The predicted octanol–water partition coefficient (Wildman–Crippen LogP) is 5.71. The van der Waals surface area contributed by atoms with Crippen molar-refractivity contribution in [2.75, 3.05) is 19.4 Å². The summed E-state index contributed by atoms with van der Waals surface area (Å²) in [6, 6.07) is 7.60. The van der Waals surface area contributed by atoms with Gasteiger partial charge in [0.15, 0.2) is 0 Å². The van der Waals surface area contributed by atoms with Crippen molar-refractivity contribution in [3.63, 3.8) is 0 Å². The number of benzene rings is 1. The first kappa shape index (κ1) is 24.9. The van der Waals surface area contributed by atoms with Crippen LogP contribution in [0.3, 0.4) is 0 Å². The molecule has 2 rings (SSSR count). The van der Waals surface area contributed by atoms with E-state index < -0.39 is 0 Å². The number of hydrogen-bond acceptors (Lipinski definition) is 5. The van der Waals surface area contributed by atoms with Crippen molar-refractivity contribution in [1.82, 2.24) is 15.0 Å². The molecule has 0 aliphatic rings. The average molecular weight is 392 g/mol. The number of halogens is 1. The van der Waals surface area contributed by atoms with Gasteiger partial charge in [-0.3, -0.25) is 5.01 Å². The highest BCUT2D eigenvalue weighted by atomic mass is 35.5. The molecule has 0 aliphatic carbocycles. The summed E-state index contributed by atoms with van der Waals surface area (Å²) in [6.45, 7) is 14.3. The van der Waals surface area contributed by atoms with E-state index in [1.807, 2.05) is 71.1 Å². The lowest BCUT2D eigenvalue weighted by molar-refractivity contribution is 0.184. The van der Waals surface area contributed by atoms with Gasteiger partial charge < -0.3 is 5.32 Å². The number of hydrogen-bond donors (Lipinski definition) is 1. The summed E-state index contributed by atoms with van der Waals surface area (Å²) in [4.78, 5) is 8.43. The van der Waals surface area contributed by atoms with Crippen molar-refractivity contribution in [3.05, 3.63) is 52.9 Å². The summed E-state index contributed by atoms with van der Waals surface area (Å²) in [5.74, 6) is 0.732. The van der Waals surface area contributed by atoms with Crippen LogP contribution in [0.25, 0.3) is 0 Å². The minimum atomic E-state index is -0.104. The monoisotopic (exact) mass is 391 g/mol. The van der Waals surface area contributed by atoms with Crippen LogP contribution >= 0.6 is 11.6 Å². The molecule has 2 aromatic rings. The van der Waals surface area contributed by atoms with E-state index in [0.717, 1.165) is 22.7 Å². The van der Waals surface area contributed by atoms with Gasteiger partial charge in [-0.1, -0.05) is 51.4 Å². The van der Waals surface area contributed by atoms with Gasteiger partial charge in [-0.15, -0.1) is 0 Å². The Bertz CT molecular complexity index is 690. The van der Waals surface area contributed by atoms with E-state index in [0.29, 0.717) is 5.02 Å². The van der Waals surface area contributed by atoms with E-state index in [-0.39, 0.29) is 5.54 Å². The highest BCUT2D eigenvalue weighted by molar-refractivity contribution is 6.30. The Morgan fingerprint density at radius 2 is 1.63 bits per heavy atom. The van der Waals surface area contributed by atoms with Gasteiger partial charge >= 0.3 is 0 Å². The lowest BCUT2D eigenvalue weighted by atomic mass is 10.0. The topological polar surface area (TPSA) is 53.4 Å². The number of rotatable bonds is 4. The lowest BCUT2D eigenvalue weighted by Crippen LogP contribution is -2.35. The molecule has 0 saturated carbocycles. The minimum absolute atomic E-state index is 0.104. The van der Waals surface area contributed by atoms with E-state index in [1.54, 1.807) is 6.20 Å². The van der Waals surface area contributed by atoms with Gasteiger partial charge in [-0.05, 0) is 32.9 Å². The SMILES string of the molecule is CC.CC.CNc1ncncc1/C(=N\N(C)C(C)(C)C)c1ccc(Cl)cc1. The van der Waals surface area contributed by atoms with Crippen LogP contribution in [0.15, 0.2) is 41.9 Å². The van der Waals surface area contributed by atoms with Crippen LogP contribution in [0.2, 0.25) is 5.02 Å². The average Bonchev–Trinajstić information content (AvgIpc) is 2.69. The second kappa shape index (κ2) is 12.3. The Balaban J connectivity index is 0.00000158. The largest absolute Gasteiger partial charge is 0.372 e. The van der Waals surface area contributed by atoms with Gasteiger partial charge in [0, 0.05) is 36.4 Å². The summed E-state index contributed by atoms with van der Waals surface area (Å²) in [6.07, 6.45) is 3.28. The third kappa shape index (κ3) is 7.55. The molecule has 5 nitrogen and oxygen atoms in total. The molecular weight excluding hydrogens is 358 g/mol. The Morgan fingerprint density at radius 3 is 2.11 bits per heavy atom. The maximum atomic E-state index is 6.01. The molecule has 0 atom stereocenters. The zero-order chi connectivity index (χ0) is 21.0. The minimum Gasteiger partial charge on any atom is -0.372 e. The summed E-state index contributed by atoms with van der Waals surface area (Å²) in [5.41, 5.74) is 2.49.